The van der Waals surface area contributed by atoms with Crippen molar-refractivity contribution in [2.45, 2.75) is 4.90 Å². The molecule has 1 aromatic carbocycles. The number of nitro benzene ring substituents is 1. The highest BCUT2D eigenvalue weighted by atomic mass is 35.5. The molecule has 0 atom stereocenters. The van der Waals surface area contributed by atoms with E-state index in [-0.39, 0.29) is 20.6 Å². The van der Waals surface area contributed by atoms with Crippen molar-refractivity contribution in [1.29, 1.82) is 0 Å². The Bertz CT molecular complexity index is 520. The lowest BCUT2D eigenvalue weighted by atomic mass is 10.3. The lowest BCUT2D eigenvalue weighted by Gasteiger charge is -2.06. The Kier molecular flexibility index (Phi) is 3.74. The number of sulfonamides is 1. The van der Waals surface area contributed by atoms with Crippen LogP contribution >= 0.6 is 23.2 Å². The van der Waals surface area contributed by atoms with Gasteiger partial charge in [-0.2, -0.15) is 0 Å². The summed E-state index contributed by atoms with van der Waals surface area (Å²) in [7, 11) is -2.65. The van der Waals surface area contributed by atoms with E-state index in [2.05, 4.69) is 0 Å². The van der Waals surface area contributed by atoms with Crippen LogP contribution in [0.25, 0.3) is 0 Å². The summed E-state index contributed by atoms with van der Waals surface area (Å²) in [6.07, 6.45) is 0. The second-order valence-electron chi connectivity index (χ2n) is 2.70. The summed E-state index contributed by atoms with van der Waals surface area (Å²) in [5.41, 5.74) is -0.370. The third-order valence-electron chi connectivity index (χ3n) is 1.73. The van der Waals surface area contributed by atoms with Gasteiger partial charge >= 0.3 is 0 Å². The van der Waals surface area contributed by atoms with E-state index in [1.807, 2.05) is 4.72 Å². The van der Waals surface area contributed by atoms with Gasteiger partial charge in [0.25, 0.3) is 5.69 Å². The SMILES string of the molecule is CNS(=O)(=O)c1c(Cl)cc([N+](=O)[O-])cc1Cl. The van der Waals surface area contributed by atoms with E-state index in [1.54, 1.807) is 0 Å². The van der Waals surface area contributed by atoms with Gasteiger partial charge in [0.2, 0.25) is 10.0 Å². The second kappa shape index (κ2) is 4.54. The third kappa shape index (κ3) is 2.43. The first-order valence-corrected chi connectivity index (χ1v) is 6.10. The largest absolute Gasteiger partial charge is 0.272 e. The van der Waals surface area contributed by atoms with Gasteiger partial charge < -0.3 is 0 Å². The first kappa shape index (κ1) is 13.2. The Labute approximate surface area is 101 Å². The van der Waals surface area contributed by atoms with Crippen molar-refractivity contribution >= 4 is 38.9 Å². The molecule has 1 N–H and O–H groups in total. The molecular formula is C7H6Cl2N2O4S. The fraction of sp³-hybridized carbons (Fsp3) is 0.143. The van der Waals surface area contributed by atoms with Crippen LogP contribution in [-0.2, 0) is 10.0 Å². The smallest absolute Gasteiger partial charge is 0.258 e. The van der Waals surface area contributed by atoms with Crippen LogP contribution in [0.5, 0.6) is 0 Å². The normalized spacial score (nSPS) is 11.4. The first-order chi connectivity index (χ1) is 7.29. The molecule has 0 amide bonds. The van der Waals surface area contributed by atoms with E-state index < -0.39 is 14.9 Å². The molecule has 0 bridgehead atoms. The molecule has 0 radical (unpaired) electrons. The number of nitrogens with one attached hydrogen (secondary N) is 1. The fourth-order valence-electron chi connectivity index (χ4n) is 1.01. The van der Waals surface area contributed by atoms with Crippen LogP contribution in [0.4, 0.5) is 5.69 Å². The van der Waals surface area contributed by atoms with Crippen molar-refractivity contribution in [3.63, 3.8) is 0 Å². The number of rotatable bonds is 3. The fourth-order valence-corrected chi connectivity index (χ4v) is 2.93. The van der Waals surface area contributed by atoms with Crippen LogP contribution in [0.3, 0.4) is 0 Å². The molecule has 9 heteroatoms. The number of benzene rings is 1. The van der Waals surface area contributed by atoms with Crippen molar-refractivity contribution < 1.29 is 13.3 Å². The number of nitrogens with zero attached hydrogens (tertiary/aromatic N) is 1. The molecule has 0 heterocycles. The Morgan fingerprint density at radius 2 is 1.75 bits per heavy atom. The molecule has 1 aromatic rings. The van der Waals surface area contributed by atoms with E-state index in [1.165, 1.54) is 7.05 Å². The quantitative estimate of drug-likeness (QED) is 0.677. The summed E-state index contributed by atoms with van der Waals surface area (Å²) in [4.78, 5) is 9.37. The lowest BCUT2D eigenvalue weighted by Crippen LogP contribution is -2.19. The highest BCUT2D eigenvalue weighted by Crippen LogP contribution is 2.33. The summed E-state index contributed by atoms with van der Waals surface area (Å²) in [6.45, 7) is 0. The Morgan fingerprint density at radius 1 is 1.31 bits per heavy atom. The minimum atomic E-state index is -3.84. The number of non-ortho nitro benzene ring substituents is 1. The van der Waals surface area contributed by atoms with E-state index in [9.17, 15) is 18.5 Å². The van der Waals surface area contributed by atoms with Gasteiger partial charge in [0.15, 0.2) is 0 Å². The van der Waals surface area contributed by atoms with Gasteiger partial charge in [-0.3, -0.25) is 10.1 Å². The summed E-state index contributed by atoms with van der Waals surface area (Å²) >= 11 is 11.3. The molecule has 1 rings (SSSR count). The highest BCUT2D eigenvalue weighted by molar-refractivity contribution is 7.89. The zero-order valence-corrected chi connectivity index (χ0v) is 10.2. The Balaban J connectivity index is 3.52. The van der Waals surface area contributed by atoms with Crippen LogP contribution in [-0.4, -0.2) is 20.4 Å². The molecule has 0 saturated heterocycles. The van der Waals surface area contributed by atoms with Crippen molar-refractivity contribution in [3.05, 3.63) is 32.3 Å². The van der Waals surface area contributed by atoms with Crippen LogP contribution in [0.2, 0.25) is 10.0 Å². The molecule has 0 saturated carbocycles. The van der Waals surface area contributed by atoms with E-state index in [0.29, 0.717) is 0 Å². The van der Waals surface area contributed by atoms with Gasteiger partial charge in [-0.05, 0) is 7.05 Å². The molecule has 0 aliphatic heterocycles. The maximum absolute atomic E-state index is 11.5. The molecular weight excluding hydrogens is 279 g/mol. The minimum absolute atomic E-state index is 0.298. The molecule has 0 aliphatic carbocycles. The van der Waals surface area contributed by atoms with Gasteiger partial charge in [0.05, 0.1) is 15.0 Å². The third-order valence-corrected chi connectivity index (χ3v) is 4.07. The average Bonchev–Trinajstić information content (AvgIpc) is 2.16. The molecule has 0 aromatic heterocycles. The van der Waals surface area contributed by atoms with Crippen LogP contribution < -0.4 is 4.72 Å². The molecule has 6 nitrogen and oxygen atoms in total. The average molecular weight is 285 g/mol. The van der Waals surface area contributed by atoms with E-state index in [0.717, 1.165) is 12.1 Å². The van der Waals surface area contributed by atoms with Crippen molar-refractivity contribution in [2.24, 2.45) is 0 Å². The van der Waals surface area contributed by atoms with Gasteiger partial charge in [-0.1, -0.05) is 23.2 Å². The topological polar surface area (TPSA) is 89.3 Å². The standard InChI is InChI=1S/C7H6Cl2N2O4S/c1-10-16(14,15)7-5(8)2-4(11(12)13)3-6(7)9/h2-3,10H,1H3. The first-order valence-electron chi connectivity index (χ1n) is 3.86. The molecule has 16 heavy (non-hydrogen) atoms. The molecule has 0 fully saturated rings. The predicted molar refractivity (Wildman–Crippen MR) is 59.4 cm³/mol. The Hall–Kier alpha value is -0.890. The maximum Gasteiger partial charge on any atom is 0.272 e. The van der Waals surface area contributed by atoms with Crippen LogP contribution in [0, 0.1) is 10.1 Å². The number of hydrogen-bond acceptors (Lipinski definition) is 4. The van der Waals surface area contributed by atoms with Crippen molar-refractivity contribution in [2.75, 3.05) is 7.05 Å². The predicted octanol–water partition coefficient (Wildman–Crippen LogP) is 1.81. The van der Waals surface area contributed by atoms with Gasteiger partial charge in [0, 0.05) is 12.1 Å². The number of hydrogen-bond donors (Lipinski definition) is 1. The van der Waals surface area contributed by atoms with Crippen molar-refractivity contribution in [1.82, 2.24) is 4.72 Å². The summed E-state index contributed by atoms with van der Waals surface area (Å²) in [5, 5.41) is 9.86. The molecule has 88 valence electrons. The molecule has 0 aliphatic rings. The summed E-state index contributed by atoms with van der Waals surface area (Å²) in [5.74, 6) is 0. The zero-order valence-electron chi connectivity index (χ0n) is 7.90. The monoisotopic (exact) mass is 284 g/mol. The van der Waals surface area contributed by atoms with Gasteiger partial charge in [0.1, 0.15) is 4.90 Å². The van der Waals surface area contributed by atoms with E-state index >= 15 is 0 Å². The van der Waals surface area contributed by atoms with Gasteiger partial charge in [-0.25, -0.2) is 13.1 Å². The van der Waals surface area contributed by atoms with Crippen LogP contribution in [0.1, 0.15) is 0 Å². The van der Waals surface area contributed by atoms with Crippen LogP contribution in [0.15, 0.2) is 17.0 Å². The number of nitro groups is 1. The summed E-state index contributed by atoms with van der Waals surface area (Å²) in [6, 6.07) is 1.86. The van der Waals surface area contributed by atoms with Gasteiger partial charge in [-0.15, -0.1) is 0 Å². The molecule has 0 spiro atoms. The highest BCUT2D eigenvalue weighted by Gasteiger charge is 2.23. The minimum Gasteiger partial charge on any atom is -0.258 e. The maximum atomic E-state index is 11.5. The second-order valence-corrected chi connectivity index (χ2v) is 5.34. The lowest BCUT2D eigenvalue weighted by molar-refractivity contribution is -0.384. The molecule has 0 unspecified atom stereocenters. The number of halogens is 2. The Morgan fingerprint density at radius 3 is 2.06 bits per heavy atom. The zero-order chi connectivity index (χ0) is 12.5. The van der Waals surface area contributed by atoms with Crippen molar-refractivity contribution in [3.8, 4) is 0 Å². The summed E-state index contributed by atoms with van der Waals surface area (Å²) < 4.78 is 25.0. The van der Waals surface area contributed by atoms with E-state index in [4.69, 9.17) is 23.2 Å².